The first kappa shape index (κ1) is 17.0. The molecule has 122 valence electrons. The summed E-state index contributed by atoms with van der Waals surface area (Å²) in [5, 5.41) is 12.5. The molecule has 1 aliphatic carbocycles. The molecule has 1 fully saturated rings. The van der Waals surface area contributed by atoms with Gasteiger partial charge in [0.05, 0.1) is 17.9 Å². The van der Waals surface area contributed by atoms with Crippen LogP contribution in [-0.4, -0.2) is 19.6 Å². The van der Waals surface area contributed by atoms with Crippen molar-refractivity contribution in [2.75, 3.05) is 0 Å². The van der Waals surface area contributed by atoms with Gasteiger partial charge in [-0.25, -0.2) is 0 Å². The molecule has 2 aromatic rings. The van der Waals surface area contributed by atoms with E-state index in [-0.39, 0.29) is 12.4 Å². The van der Waals surface area contributed by atoms with E-state index < -0.39 is 0 Å². The van der Waals surface area contributed by atoms with Crippen LogP contribution in [0.2, 0.25) is 0 Å². The minimum absolute atomic E-state index is 0. The topological polar surface area (TPSA) is 47.7 Å². The number of halogens is 1. The molecule has 5 nitrogen and oxygen atoms in total. The number of nitrogens with one attached hydrogen (secondary N) is 1. The summed E-state index contributed by atoms with van der Waals surface area (Å²) in [6.45, 7) is 5.94. The standard InChI is InChI=1S/C16H25N5.ClH/c1-12-15(11-21(19-12)16-6-4-5-7-16)9-17-8-14-10-18-20(3)13(14)2;/h10-11,16-17H,4-9H2,1-3H3;1H. The van der Waals surface area contributed by atoms with Crippen LogP contribution in [0, 0.1) is 13.8 Å². The summed E-state index contributed by atoms with van der Waals surface area (Å²) in [5.74, 6) is 0. The average Bonchev–Trinajstić information content (AvgIpc) is 3.16. The maximum absolute atomic E-state index is 4.70. The van der Waals surface area contributed by atoms with Crippen molar-refractivity contribution in [1.82, 2.24) is 24.9 Å². The average molecular weight is 324 g/mol. The lowest BCUT2D eigenvalue weighted by Crippen LogP contribution is -2.13. The van der Waals surface area contributed by atoms with Gasteiger partial charge in [0.1, 0.15) is 0 Å². The highest BCUT2D eigenvalue weighted by Gasteiger charge is 2.18. The first-order chi connectivity index (χ1) is 10.1. The summed E-state index contributed by atoms with van der Waals surface area (Å²) in [7, 11) is 1.98. The molecule has 0 radical (unpaired) electrons. The summed E-state index contributed by atoms with van der Waals surface area (Å²) in [6, 6.07) is 0.623. The van der Waals surface area contributed by atoms with E-state index in [9.17, 15) is 0 Å². The Morgan fingerprint density at radius 3 is 2.50 bits per heavy atom. The van der Waals surface area contributed by atoms with Gasteiger partial charge in [-0.3, -0.25) is 9.36 Å². The molecule has 1 aliphatic rings. The number of aromatic nitrogens is 4. The second-order valence-corrected chi connectivity index (χ2v) is 6.14. The smallest absolute Gasteiger partial charge is 0.0638 e. The molecule has 6 heteroatoms. The molecule has 0 unspecified atom stereocenters. The van der Waals surface area contributed by atoms with Gasteiger partial charge in [0.25, 0.3) is 0 Å². The number of nitrogens with zero attached hydrogens (tertiary/aromatic N) is 4. The van der Waals surface area contributed by atoms with Crippen molar-refractivity contribution in [1.29, 1.82) is 0 Å². The van der Waals surface area contributed by atoms with Gasteiger partial charge in [-0.05, 0) is 26.7 Å². The Hall–Kier alpha value is -1.33. The van der Waals surface area contributed by atoms with E-state index in [1.165, 1.54) is 42.5 Å². The Morgan fingerprint density at radius 1 is 1.18 bits per heavy atom. The number of rotatable bonds is 5. The van der Waals surface area contributed by atoms with Crippen LogP contribution in [0.5, 0.6) is 0 Å². The van der Waals surface area contributed by atoms with Gasteiger partial charge in [-0.2, -0.15) is 10.2 Å². The molecular formula is C16H26ClN5. The molecule has 1 N–H and O–H groups in total. The Balaban J connectivity index is 0.00000176. The monoisotopic (exact) mass is 323 g/mol. The molecule has 22 heavy (non-hydrogen) atoms. The van der Waals surface area contributed by atoms with Crippen molar-refractivity contribution in [3.05, 3.63) is 34.9 Å². The van der Waals surface area contributed by atoms with E-state index in [1.54, 1.807) is 0 Å². The van der Waals surface area contributed by atoms with Crippen LogP contribution in [0.1, 0.15) is 54.2 Å². The zero-order valence-electron chi connectivity index (χ0n) is 13.7. The highest BCUT2D eigenvalue weighted by Crippen LogP contribution is 2.29. The molecule has 3 rings (SSSR count). The van der Waals surface area contributed by atoms with E-state index in [1.807, 2.05) is 17.9 Å². The van der Waals surface area contributed by atoms with Crippen LogP contribution < -0.4 is 5.32 Å². The molecule has 0 aliphatic heterocycles. The van der Waals surface area contributed by atoms with E-state index in [2.05, 4.69) is 35.1 Å². The van der Waals surface area contributed by atoms with Gasteiger partial charge in [-0.15, -0.1) is 12.4 Å². The summed E-state index contributed by atoms with van der Waals surface area (Å²) >= 11 is 0. The Labute approximate surface area is 138 Å². The van der Waals surface area contributed by atoms with Crippen LogP contribution in [0.4, 0.5) is 0 Å². The Morgan fingerprint density at radius 2 is 1.86 bits per heavy atom. The van der Waals surface area contributed by atoms with E-state index >= 15 is 0 Å². The second-order valence-electron chi connectivity index (χ2n) is 6.14. The maximum atomic E-state index is 4.70. The van der Waals surface area contributed by atoms with E-state index in [0.29, 0.717) is 6.04 Å². The lowest BCUT2D eigenvalue weighted by Gasteiger charge is -2.08. The van der Waals surface area contributed by atoms with Gasteiger partial charge in [0.2, 0.25) is 0 Å². The third-order valence-electron chi connectivity index (χ3n) is 4.68. The number of aryl methyl sites for hydroxylation is 2. The quantitative estimate of drug-likeness (QED) is 0.920. The van der Waals surface area contributed by atoms with Crippen molar-refractivity contribution in [2.24, 2.45) is 7.05 Å². The third kappa shape index (κ3) is 3.52. The van der Waals surface area contributed by atoms with Crippen molar-refractivity contribution in [2.45, 2.75) is 58.7 Å². The zero-order chi connectivity index (χ0) is 14.8. The fourth-order valence-corrected chi connectivity index (χ4v) is 3.10. The second kappa shape index (κ2) is 7.29. The lowest BCUT2D eigenvalue weighted by atomic mass is 10.2. The van der Waals surface area contributed by atoms with Gasteiger partial charge in [-0.1, -0.05) is 12.8 Å². The summed E-state index contributed by atoms with van der Waals surface area (Å²) in [6.07, 6.45) is 9.42. The molecule has 0 aromatic carbocycles. The van der Waals surface area contributed by atoms with Crippen molar-refractivity contribution >= 4 is 12.4 Å². The van der Waals surface area contributed by atoms with Crippen molar-refractivity contribution in [3.63, 3.8) is 0 Å². The first-order valence-electron chi connectivity index (χ1n) is 7.88. The highest BCUT2D eigenvalue weighted by molar-refractivity contribution is 5.85. The van der Waals surface area contributed by atoms with Crippen LogP contribution in [0.15, 0.2) is 12.4 Å². The van der Waals surface area contributed by atoms with Crippen LogP contribution in [0.25, 0.3) is 0 Å². The molecule has 0 atom stereocenters. The summed E-state index contributed by atoms with van der Waals surface area (Å²) in [5.41, 5.74) is 4.94. The van der Waals surface area contributed by atoms with E-state index in [0.717, 1.165) is 18.8 Å². The minimum atomic E-state index is 0. The summed E-state index contributed by atoms with van der Waals surface area (Å²) in [4.78, 5) is 0. The van der Waals surface area contributed by atoms with Crippen LogP contribution >= 0.6 is 12.4 Å². The molecule has 0 spiro atoms. The van der Waals surface area contributed by atoms with E-state index in [4.69, 9.17) is 5.10 Å². The predicted octanol–water partition coefficient (Wildman–Crippen LogP) is 3.06. The summed E-state index contributed by atoms with van der Waals surface area (Å²) < 4.78 is 4.11. The maximum Gasteiger partial charge on any atom is 0.0638 e. The number of hydrogen-bond donors (Lipinski definition) is 1. The molecule has 2 heterocycles. The number of hydrogen-bond acceptors (Lipinski definition) is 3. The Kier molecular flexibility index (Phi) is 5.64. The van der Waals surface area contributed by atoms with Gasteiger partial charge in [0, 0.05) is 43.2 Å². The zero-order valence-corrected chi connectivity index (χ0v) is 14.5. The fourth-order valence-electron chi connectivity index (χ4n) is 3.10. The van der Waals surface area contributed by atoms with Crippen LogP contribution in [0.3, 0.4) is 0 Å². The molecule has 0 amide bonds. The van der Waals surface area contributed by atoms with Gasteiger partial charge < -0.3 is 5.32 Å². The largest absolute Gasteiger partial charge is 0.308 e. The van der Waals surface area contributed by atoms with Crippen LogP contribution in [-0.2, 0) is 20.1 Å². The molecule has 2 aromatic heterocycles. The fraction of sp³-hybridized carbons (Fsp3) is 0.625. The molecule has 0 bridgehead atoms. The van der Waals surface area contributed by atoms with Crippen molar-refractivity contribution in [3.8, 4) is 0 Å². The highest BCUT2D eigenvalue weighted by atomic mass is 35.5. The predicted molar refractivity (Wildman–Crippen MR) is 90.2 cm³/mol. The van der Waals surface area contributed by atoms with Gasteiger partial charge >= 0.3 is 0 Å². The lowest BCUT2D eigenvalue weighted by molar-refractivity contribution is 0.464. The Bertz CT molecular complexity index is 610. The molecule has 1 saturated carbocycles. The normalized spacial score (nSPS) is 15.2. The first-order valence-corrected chi connectivity index (χ1v) is 7.88. The minimum Gasteiger partial charge on any atom is -0.308 e. The van der Waals surface area contributed by atoms with Gasteiger partial charge in [0.15, 0.2) is 0 Å². The molecule has 0 saturated heterocycles. The third-order valence-corrected chi connectivity index (χ3v) is 4.68. The molecular weight excluding hydrogens is 298 g/mol. The van der Waals surface area contributed by atoms with Crippen molar-refractivity contribution < 1.29 is 0 Å². The SMILES string of the molecule is Cc1nn(C2CCCC2)cc1CNCc1cnn(C)c1C.Cl.